The van der Waals surface area contributed by atoms with E-state index in [-0.39, 0.29) is 0 Å². The molecule has 4 aromatic carbocycles. The third-order valence-corrected chi connectivity index (χ3v) is 7.85. The summed E-state index contributed by atoms with van der Waals surface area (Å²) in [4.78, 5) is 10.4. The number of para-hydroxylation sites is 2. The molecule has 0 bridgehead atoms. The van der Waals surface area contributed by atoms with E-state index in [4.69, 9.17) is 9.98 Å². The van der Waals surface area contributed by atoms with Crippen LogP contribution in [0.1, 0.15) is 64.2 Å². The van der Waals surface area contributed by atoms with Crippen LogP contribution in [0.4, 0.5) is 34.1 Å². The highest BCUT2D eigenvalue weighted by molar-refractivity contribution is 5.92. The maximum Gasteiger partial charge on any atom is 0.0869 e. The Labute approximate surface area is 238 Å². The van der Waals surface area contributed by atoms with Gasteiger partial charge >= 0.3 is 0 Å². The predicted molar refractivity (Wildman–Crippen MR) is 172 cm³/mol. The zero-order chi connectivity index (χ0) is 27.0. The van der Waals surface area contributed by atoms with E-state index in [9.17, 15) is 0 Å². The maximum atomic E-state index is 5.20. The number of hydrogen-bond acceptors (Lipinski definition) is 4. The van der Waals surface area contributed by atoms with Gasteiger partial charge in [-0.05, 0) is 111 Å². The van der Waals surface area contributed by atoms with E-state index in [1.165, 1.54) is 49.9 Å². The first-order valence-electron chi connectivity index (χ1n) is 14.9. The van der Waals surface area contributed by atoms with Gasteiger partial charge in [0.05, 0.1) is 22.7 Å². The fourth-order valence-electron chi connectivity index (χ4n) is 5.66. The van der Waals surface area contributed by atoms with Gasteiger partial charge in [0.25, 0.3) is 0 Å². The van der Waals surface area contributed by atoms with Crippen LogP contribution < -0.4 is 10.6 Å². The van der Waals surface area contributed by atoms with Gasteiger partial charge in [-0.15, -0.1) is 0 Å². The molecule has 0 unspecified atom stereocenters. The van der Waals surface area contributed by atoms with Crippen molar-refractivity contribution >= 4 is 45.5 Å². The Morgan fingerprint density at radius 2 is 0.825 bits per heavy atom. The lowest BCUT2D eigenvalue weighted by atomic mass is 9.97. The van der Waals surface area contributed by atoms with E-state index in [0.717, 1.165) is 70.9 Å². The molecule has 0 heterocycles. The van der Waals surface area contributed by atoms with Gasteiger partial charge in [0.15, 0.2) is 0 Å². The molecule has 2 fully saturated rings. The van der Waals surface area contributed by atoms with Crippen LogP contribution in [0.25, 0.3) is 11.1 Å². The van der Waals surface area contributed by atoms with Crippen LogP contribution in [-0.2, 0) is 0 Å². The fourth-order valence-corrected chi connectivity index (χ4v) is 5.66. The summed E-state index contributed by atoms with van der Waals surface area (Å²) < 4.78 is 0. The van der Waals surface area contributed by atoms with Crippen molar-refractivity contribution < 1.29 is 0 Å². The zero-order valence-corrected chi connectivity index (χ0v) is 23.2. The second-order valence-corrected chi connectivity index (χ2v) is 10.9. The molecule has 4 heteroatoms. The van der Waals surface area contributed by atoms with Gasteiger partial charge in [0.2, 0.25) is 0 Å². The van der Waals surface area contributed by atoms with Crippen LogP contribution in [0, 0.1) is 0 Å². The van der Waals surface area contributed by atoms with E-state index in [1.807, 2.05) is 12.1 Å². The number of benzene rings is 4. The normalized spacial score (nSPS) is 15.4. The lowest BCUT2D eigenvalue weighted by Gasteiger charge is -2.17. The van der Waals surface area contributed by atoms with Gasteiger partial charge in [-0.3, -0.25) is 9.98 Å². The molecule has 0 aliphatic heterocycles. The first-order chi connectivity index (χ1) is 19.8. The van der Waals surface area contributed by atoms with Gasteiger partial charge in [0.1, 0.15) is 0 Å². The second-order valence-electron chi connectivity index (χ2n) is 10.9. The molecule has 2 saturated carbocycles. The number of nitrogens with zero attached hydrogens (tertiary/aromatic N) is 2. The van der Waals surface area contributed by atoms with Crippen molar-refractivity contribution in [3.63, 3.8) is 0 Å². The highest BCUT2D eigenvalue weighted by Crippen LogP contribution is 2.38. The van der Waals surface area contributed by atoms with Crippen molar-refractivity contribution in [1.29, 1.82) is 0 Å². The smallest absolute Gasteiger partial charge is 0.0869 e. The molecule has 4 nitrogen and oxygen atoms in total. The number of aliphatic imine (C=N–C) groups is 2. The topological polar surface area (TPSA) is 48.8 Å². The van der Waals surface area contributed by atoms with Crippen molar-refractivity contribution in [2.75, 3.05) is 10.6 Å². The zero-order valence-electron chi connectivity index (χ0n) is 23.2. The molecule has 0 saturated heterocycles. The van der Waals surface area contributed by atoms with Crippen LogP contribution in [0.15, 0.2) is 107 Å². The largest absolute Gasteiger partial charge is 0.354 e. The van der Waals surface area contributed by atoms with Crippen molar-refractivity contribution in [2.24, 2.45) is 9.98 Å². The standard InChI is InChI=1S/C36H38N4/c1-5-13-29(14-6-1)37-33-23-21-27(25-35(33)39-31-17-9-3-10-18-31)28-22-24-34(38-30-15-7-2-8-16-30)36(26-28)40-32-19-11-4-12-20-32/h1-2,5-8,13-16,21-26,37-38H,3-4,9-12,17-20H2. The van der Waals surface area contributed by atoms with Crippen LogP contribution >= 0.6 is 0 Å². The molecule has 0 aromatic heterocycles. The van der Waals surface area contributed by atoms with Crippen LogP contribution in [0.3, 0.4) is 0 Å². The number of hydrogen-bond donors (Lipinski definition) is 2. The Bertz CT molecular complexity index is 1360. The first-order valence-corrected chi connectivity index (χ1v) is 14.9. The lowest BCUT2D eigenvalue weighted by Crippen LogP contribution is -2.04. The molecule has 2 aliphatic carbocycles. The summed E-state index contributed by atoms with van der Waals surface area (Å²) >= 11 is 0. The van der Waals surface area contributed by atoms with Gasteiger partial charge in [0, 0.05) is 22.8 Å². The van der Waals surface area contributed by atoms with E-state index < -0.39 is 0 Å². The molecular formula is C36H38N4. The Hall–Kier alpha value is -4.18. The minimum atomic E-state index is 1.00. The number of anilines is 4. The molecule has 0 amide bonds. The number of nitrogens with one attached hydrogen (secondary N) is 2. The summed E-state index contributed by atoms with van der Waals surface area (Å²) in [6, 6.07) is 33.9. The lowest BCUT2D eigenvalue weighted by molar-refractivity contribution is 0.667. The molecule has 2 N–H and O–H groups in total. The van der Waals surface area contributed by atoms with Gasteiger partial charge in [-0.1, -0.05) is 61.4 Å². The van der Waals surface area contributed by atoms with E-state index >= 15 is 0 Å². The second kappa shape index (κ2) is 12.8. The summed E-state index contributed by atoms with van der Waals surface area (Å²) in [6.45, 7) is 0. The molecule has 0 radical (unpaired) electrons. The molecule has 40 heavy (non-hydrogen) atoms. The van der Waals surface area contributed by atoms with Crippen LogP contribution in [0.5, 0.6) is 0 Å². The van der Waals surface area contributed by atoms with Gasteiger partial charge < -0.3 is 10.6 Å². The van der Waals surface area contributed by atoms with Crippen molar-refractivity contribution in [3.8, 4) is 11.1 Å². The minimum Gasteiger partial charge on any atom is -0.354 e. The molecule has 0 spiro atoms. The molecule has 202 valence electrons. The molecule has 2 aliphatic rings. The van der Waals surface area contributed by atoms with Crippen LogP contribution in [-0.4, -0.2) is 11.4 Å². The van der Waals surface area contributed by atoms with Crippen molar-refractivity contribution in [1.82, 2.24) is 0 Å². The predicted octanol–water partition coefficient (Wildman–Crippen LogP) is 10.9. The van der Waals surface area contributed by atoms with E-state index in [1.54, 1.807) is 0 Å². The highest BCUT2D eigenvalue weighted by atomic mass is 14.9. The van der Waals surface area contributed by atoms with Crippen LogP contribution in [0.2, 0.25) is 0 Å². The van der Waals surface area contributed by atoms with E-state index in [2.05, 4.69) is 95.6 Å². The highest BCUT2D eigenvalue weighted by Gasteiger charge is 2.13. The van der Waals surface area contributed by atoms with Gasteiger partial charge in [-0.2, -0.15) is 0 Å². The molecule has 6 rings (SSSR count). The minimum absolute atomic E-state index is 1.00. The summed E-state index contributed by atoms with van der Waals surface area (Å²) in [5.41, 5.74) is 11.2. The maximum absolute atomic E-state index is 5.20. The average Bonchev–Trinajstić information content (AvgIpc) is 3.01. The molecule has 4 aromatic rings. The summed E-state index contributed by atoms with van der Waals surface area (Å²) in [5, 5.41) is 7.21. The Kier molecular flexibility index (Phi) is 8.33. The summed E-state index contributed by atoms with van der Waals surface area (Å²) in [7, 11) is 0. The SMILES string of the molecule is c1ccc(Nc2ccc(-c3ccc(Nc4ccccc4)c(N=C4CCCCC4)c3)cc2N=C2CCCCC2)cc1. The Morgan fingerprint density at radius 3 is 1.23 bits per heavy atom. The summed E-state index contributed by atoms with van der Waals surface area (Å²) in [5.74, 6) is 0. The Morgan fingerprint density at radius 1 is 0.425 bits per heavy atom. The third kappa shape index (κ3) is 6.69. The quantitative estimate of drug-likeness (QED) is 0.252. The monoisotopic (exact) mass is 526 g/mol. The Balaban J connectivity index is 1.38. The summed E-state index contributed by atoms with van der Waals surface area (Å²) in [6.07, 6.45) is 11.9. The van der Waals surface area contributed by atoms with Crippen molar-refractivity contribution in [3.05, 3.63) is 97.1 Å². The van der Waals surface area contributed by atoms with Crippen molar-refractivity contribution in [2.45, 2.75) is 64.2 Å². The van der Waals surface area contributed by atoms with E-state index in [0.29, 0.717) is 0 Å². The molecular weight excluding hydrogens is 488 g/mol. The fraction of sp³-hybridized carbons (Fsp3) is 0.278. The molecule has 0 atom stereocenters. The number of rotatable bonds is 7. The first kappa shape index (κ1) is 26.1. The third-order valence-electron chi connectivity index (χ3n) is 7.85. The van der Waals surface area contributed by atoms with Gasteiger partial charge in [-0.25, -0.2) is 0 Å². The average molecular weight is 527 g/mol.